The van der Waals surface area contributed by atoms with Gasteiger partial charge >= 0.3 is 0 Å². The minimum absolute atomic E-state index is 0.399. The molecule has 2 nitrogen and oxygen atoms in total. The minimum atomic E-state index is 0.399. The number of hydrogen-bond acceptors (Lipinski definition) is 2. The van der Waals surface area contributed by atoms with Crippen LogP contribution in [0.25, 0.3) is 0 Å². The second-order valence-electron chi connectivity index (χ2n) is 3.88. The third-order valence-corrected chi connectivity index (χ3v) is 2.71. The number of ketones is 1. The van der Waals surface area contributed by atoms with Crippen LogP contribution < -0.4 is 5.32 Å². The molecular weight excluding hydrogens is 126 g/mol. The average molecular weight is 139 g/mol. The Kier molecular flexibility index (Phi) is 1.15. The Hall–Kier alpha value is -0.370. The molecule has 1 aliphatic heterocycles. The molecule has 56 valence electrons. The van der Waals surface area contributed by atoms with Crippen molar-refractivity contribution >= 4 is 5.78 Å². The second-order valence-corrected chi connectivity index (χ2v) is 3.88. The highest BCUT2D eigenvalue weighted by molar-refractivity contribution is 5.86. The van der Waals surface area contributed by atoms with Crippen LogP contribution in [0.3, 0.4) is 0 Å². The second kappa shape index (κ2) is 1.82. The van der Waals surface area contributed by atoms with Crippen molar-refractivity contribution in [3.63, 3.8) is 0 Å². The van der Waals surface area contributed by atoms with Gasteiger partial charge in [-0.05, 0) is 18.8 Å². The van der Waals surface area contributed by atoms with Crippen molar-refractivity contribution in [3.8, 4) is 0 Å². The van der Waals surface area contributed by atoms with Crippen LogP contribution in [-0.4, -0.2) is 18.4 Å². The van der Waals surface area contributed by atoms with E-state index in [1.807, 2.05) is 0 Å². The maximum absolute atomic E-state index is 10.7. The predicted molar refractivity (Wildman–Crippen MR) is 38.8 cm³/mol. The SMILES string of the molecule is CC1CC2(CN1)CC(=O)C2. The topological polar surface area (TPSA) is 29.1 Å². The number of rotatable bonds is 0. The summed E-state index contributed by atoms with van der Waals surface area (Å²) >= 11 is 0. The zero-order chi connectivity index (χ0) is 7.19. The van der Waals surface area contributed by atoms with Gasteiger partial charge in [0.25, 0.3) is 0 Å². The summed E-state index contributed by atoms with van der Waals surface area (Å²) in [6.07, 6.45) is 2.88. The highest BCUT2D eigenvalue weighted by Gasteiger charge is 2.47. The first kappa shape index (κ1) is 6.35. The van der Waals surface area contributed by atoms with Crippen molar-refractivity contribution in [3.05, 3.63) is 0 Å². The van der Waals surface area contributed by atoms with E-state index >= 15 is 0 Å². The smallest absolute Gasteiger partial charge is 0.134 e. The fourth-order valence-corrected chi connectivity index (χ4v) is 2.24. The summed E-state index contributed by atoms with van der Waals surface area (Å²) in [7, 11) is 0. The minimum Gasteiger partial charge on any atom is -0.314 e. The molecule has 0 bridgehead atoms. The number of carbonyl (C=O) groups is 1. The van der Waals surface area contributed by atoms with E-state index in [1.165, 1.54) is 6.42 Å². The van der Waals surface area contributed by atoms with Crippen LogP contribution >= 0.6 is 0 Å². The third-order valence-electron chi connectivity index (χ3n) is 2.71. The van der Waals surface area contributed by atoms with E-state index in [1.54, 1.807) is 0 Å². The van der Waals surface area contributed by atoms with Gasteiger partial charge in [-0.2, -0.15) is 0 Å². The summed E-state index contributed by atoms with van der Waals surface area (Å²) in [6.45, 7) is 3.26. The molecule has 1 unspecified atom stereocenters. The fourth-order valence-electron chi connectivity index (χ4n) is 2.24. The van der Waals surface area contributed by atoms with Gasteiger partial charge in [-0.25, -0.2) is 0 Å². The predicted octanol–water partition coefficient (Wildman–Crippen LogP) is 0.718. The lowest BCUT2D eigenvalue weighted by Crippen LogP contribution is -2.39. The average Bonchev–Trinajstić information content (AvgIpc) is 2.10. The van der Waals surface area contributed by atoms with Crippen molar-refractivity contribution in [2.24, 2.45) is 5.41 Å². The largest absolute Gasteiger partial charge is 0.314 e. The molecule has 1 spiro atoms. The van der Waals surface area contributed by atoms with Crippen LogP contribution in [-0.2, 0) is 4.79 Å². The van der Waals surface area contributed by atoms with E-state index in [9.17, 15) is 4.79 Å². The molecule has 1 saturated carbocycles. The van der Waals surface area contributed by atoms with Gasteiger partial charge in [0.1, 0.15) is 5.78 Å². The molecule has 1 N–H and O–H groups in total. The van der Waals surface area contributed by atoms with Gasteiger partial charge < -0.3 is 5.32 Å². The van der Waals surface area contributed by atoms with E-state index in [0.717, 1.165) is 19.4 Å². The highest BCUT2D eigenvalue weighted by Crippen LogP contribution is 2.44. The van der Waals surface area contributed by atoms with Crippen molar-refractivity contribution in [2.45, 2.75) is 32.2 Å². The van der Waals surface area contributed by atoms with Gasteiger partial charge in [0.2, 0.25) is 0 Å². The monoisotopic (exact) mass is 139 g/mol. The standard InChI is InChI=1S/C8H13NO/c1-6-2-8(5-9-6)3-7(10)4-8/h6,9H,2-5H2,1H3. The number of Topliss-reactive ketones (excluding diaryl/α,β-unsaturated/α-hetero) is 1. The molecular formula is C8H13NO. The van der Waals surface area contributed by atoms with E-state index in [0.29, 0.717) is 17.2 Å². The third kappa shape index (κ3) is 0.788. The zero-order valence-electron chi connectivity index (χ0n) is 6.31. The van der Waals surface area contributed by atoms with Gasteiger partial charge in [-0.1, -0.05) is 0 Å². The molecule has 1 aliphatic carbocycles. The van der Waals surface area contributed by atoms with Crippen LogP contribution in [0.1, 0.15) is 26.2 Å². The van der Waals surface area contributed by atoms with Crippen LogP contribution in [0, 0.1) is 5.41 Å². The van der Waals surface area contributed by atoms with E-state index in [4.69, 9.17) is 0 Å². The Balaban J connectivity index is 2.01. The zero-order valence-corrected chi connectivity index (χ0v) is 6.31. The Morgan fingerprint density at radius 1 is 1.60 bits per heavy atom. The molecule has 0 radical (unpaired) electrons. The van der Waals surface area contributed by atoms with Gasteiger partial charge in [-0.3, -0.25) is 4.79 Å². The lowest BCUT2D eigenvalue weighted by molar-refractivity contribution is -0.131. The van der Waals surface area contributed by atoms with Crippen LogP contribution in [0.15, 0.2) is 0 Å². The molecule has 1 heterocycles. The quantitative estimate of drug-likeness (QED) is 0.535. The van der Waals surface area contributed by atoms with E-state index < -0.39 is 0 Å². The molecule has 1 atom stereocenters. The Labute approximate surface area is 61.0 Å². The van der Waals surface area contributed by atoms with Crippen molar-refractivity contribution in [1.29, 1.82) is 0 Å². The molecule has 0 aromatic carbocycles. The molecule has 0 amide bonds. The summed E-state index contributed by atoms with van der Waals surface area (Å²) < 4.78 is 0. The first-order valence-corrected chi connectivity index (χ1v) is 3.95. The highest BCUT2D eigenvalue weighted by atomic mass is 16.1. The molecule has 10 heavy (non-hydrogen) atoms. The first-order valence-electron chi connectivity index (χ1n) is 3.95. The number of nitrogens with one attached hydrogen (secondary N) is 1. The lowest BCUT2D eigenvalue weighted by atomic mass is 9.67. The fraction of sp³-hybridized carbons (Fsp3) is 0.875. The molecule has 2 fully saturated rings. The summed E-state index contributed by atoms with van der Waals surface area (Å²) in [5.41, 5.74) is 0.399. The van der Waals surface area contributed by atoms with Crippen molar-refractivity contribution in [2.75, 3.05) is 6.54 Å². The normalized spacial score (nSPS) is 36.5. The van der Waals surface area contributed by atoms with Crippen LogP contribution in [0.2, 0.25) is 0 Å². The number of hydrogen-bond donors (Lipinski definition) is 1. The lowest BCUT2D eigenvalue weighted by Gasteiger charge is -2.35. The molecule has 0 aromatic rings. The molecule has 0 aromatic heterocycles. The Morgan fingerprint density at radius 2 is 2.30 bits per heavy atom. The molecule has 2 heteroatoms. The van der Waals surface area contributed by atoms with Crippen LogP contribution in [0.4, 0.5) is 0 Å². The van der Waals surface area contributed by atoms with E-state index in [2.05, 4.69) is 12.2 Å². The first-order chi connectivity index (χ1) is 4.70. The maximum Gasteiger partial charge on any atom is 0.134 e. The van der Waals surface area contributed by atoms with Gasteiger partial charge in [0, 0.05) is 25.4 Å². The van der Waals surface area contributed by atoms with E-state index in [-0.39, 0.29) is 0 Å². The summed E-state index contributed by atoms with van der Waals surface area (Å²) in [6, 6.07) is 0.632. The van der Waals surface area contributed by atoms with Gasteiger partial charge in [0.15, 0.2) is 0 Å². The summed E-state index contributed by atoms with van der Waals surface area (Å²) in [4.78, 5) is 10.7. The number of carbonyl (C=O) groups excluding carboxylic acids is 1. The summed E-state index contributed by atoms with van der Waals surface area (Å²) in [5.74, 6) is 0.455. The molecule has 2 rings (SSSR count). The molecule has 1 saturated heterocycles. The van der Waals surface area contributed by atoms with Crippen LogP contribution in [0.5, 0.6) is 0 Å². The summed E-state index contributed by atoms with van der Waals surface area (Å²) in [5, 5.41) is 3.38. The maximum atomic E-state index is 10.7. The van der Waals surface area contributed by atoms with Crippen molar-refractivity contribution < 1.29 is 4.79 Å². The van der Waals surface area contributed by atoms with Gasteiger partial charge in [-0.15, -0.1) is 0 Å². The Bertz CT molecular complexity index is 168. The van der Waals surface area contributed by atoms with Crippen molar-refractivity contribution in [1.82, 2.24) is 5.32 Å². The van der Waals surface area contributed by atoms with Gasteiger partial charge in [0.05, 0.1) is 0 Å². The molecule has 2 aliphatic rings. The Morgan fingerprint density at radius 3 is 2.70 bits per heavy atom.